The van der Waals surface area contributed by atoms with Crippen LogP contribution in [0.2, 0.25) is 0 Å². The van der Waals surface area contributed by atoms with Gasteiger partial charge in [-0.2, -0.15) is 5.10 Å². The summed E-state index contributed by atoms with van der Waals surface area (Å²) in [6.07, 6.45) is 3.38. The molecule has 20 heavy (non-hydrogen) atoms. The number of nitrogens with zero attached hydrogens (tertiary/aromatic N) is 3. The lowest BCUT2D eigenvalue weighted by molar-refractivity contribution is 0.101. The van der Waals surface area contributed by atoms with E-state index in [0.29, 0.717) is 28.1 Å². The third-order valence-electron chi connectivity index (χ3n) is 3.21. The number of nitrogen functional groups attached to an aromatic ring is 1. The molecule has 0 aliphatic carbocycles. The van der Waals surface area contributed by atoms with Gasteiger partial charge in [0.1, 0.15) is 5.82 Å². The molecule has 0 amide bonds. The van der Waals surface area contributed by atoms with Crippen LogP contribution in [-0.2, 0) is 0 Å². The Balaban J connectivity index is 2.51. The second kappa shape index (κ2) is 4.41. The van der Waals surface area contributed by atoms with E-state index in [1.54, 1.807) is 19.3 Å². The number of hydrogen-bond acceptors (Lipinski definition) is 5. The van der Waals surface area contributed by atoms with E-state index in [2.05, 4.69) is 20.2 Å². The molecule has 0 bridgehead atoms. The van der Waals surface area contributed by atoms with Gasteiger partial charge in [-0.3, -0.25) is 14.9 Å². The summed E-state index contributed by atoms with van der Waals surface area (Å²) in [7, 11) is 0. The molecule has 0 aromatic carbocycles. The van der Waals surface area contributed by atoms with Gasteiger partial charge < -0.3 is 5.73 Å². The summed E-state index contributed by atoms with van der Waals surface area (Å²) >= 11 is 0. The van der Waals surface area contributed by atoms with E-state index < -0.39 is 0 Å². The van der Waals surface area contributed by atoms with Crippen molar-refractivity contribution < 1.29 is 4.79 Å². The highest BCUT2D eigenvalue weighted by molar-refractivity contribution is 6.11. The van der Waals surface area contributed by atoms with Gasteiger partial charge in [-0.25, -0.2) is 4.98 Å². The van der Waals surface area contributed by atoms with Crippen molar-refractivity contribution in [1.82, 2.24) is 20.2 Å². The fraction of sp³-hybridized carbons (Fsp3) is 0.143. The molecule has 6 nitrogen and oxygen atoms in total. The predicted octanol–water partition coefficient (Wildman–Crippen LogP) is 2.11. The SMILES string of the molecule is CC(=O)c1c(C)nc2n[nH]c(N)c2c1-c1cccnc1. The number of aryl methyl sites for hydroxylation is 1. The first kappa shape index (κ1) is 12.3. The van der Waals surface area contributed by atoms with Crippen LogP contribution in [-0.4, -0.2) is 25.9 Å². The number of fused-ring (bicyclic) bond motifs is 1. The number of aromatic nitrogens is 4. The van der Waals surface area contributed by atoms with E-state index in [0.717, 1.165) is 11.1 Å². The van der Waals surface area contributed by atoms with Crippen molar-refractivity contribution in [3.05, 3.63) is 35.8 Å². The van der Waals surface area contributed by atoms with Crippen LogP contribution < -0.4 is 5.73 Å². The molecule has 0 saturated heterocycles. The quantitative estimate of drug-likeness (QED) is 0.693. The summed E-state index contributed by atoms with van der Waals surface area (Å²) in [6.45, 7) is 3.31. The predicted molar refractivity (Wildman–Crippen MR) is 76.3 cm³/mol. The van der Waals surface area contributed by atoms with Gasteiger partial charge in [0.05, 0.1) is 11.1 Å². The molecule has 0 radical (unpaired) electrons. The molecule has 3 heterocycles. The lowest BCUT2D eigenvalue weighted by Crippen LogP contribution is -2.04. The molecule has 0 fully saturated rings. The number of hydrogen-bond donors (Lipinski definition) is 2. The van der Waals surface area contributed by atoms with Crippen LogP contribution in [0, 0.1) is 6.92 Å². The Morgan fingerprint density at radius 1 is 1.40 bits per heavy atom. The zero-order chi connectivity index (χ0) is 14.3. The maximum Gasteiger partial charge on any atom is 0.184 e. The average molecular weight is 267 g/mol. The fourth-order valence-electron chi connectivity index (χ4n) is 2.42. The molecule has 0 atom stereocenters. The Bertz CT molecular complexity index is 807. The van der Waals surface area contributed by atoms with Crippen LogP contribution >= 0.6 is 0 Å². The number of Topliss-reactive ketones (excluding diaryl/α,β-unsaturated/α-hetero) is 1. The minimum Gasteiger partial charge on any atom is -0.383 e. The smallest absolute Gasteiger partial charge is 0.184 e. The van der Waals surface area contributed by atoms with Crippen molar-refractivity contribution >= 4 is 22.6 Å². The molecule has 100 valence electrons. The van der Waals surface area contributed by atoms with Crippen LogP contribution in [0.1, 0.15) is 23.0 Å². The molecule has 3 aromatic heterocycles. The molecule has 0 unspecified atom stereocenters. The number of pyridine rings is 2. The largest absolute Gasteiger partial charge is 0.383 e. The second-order valence-corrected chi connectivity index (χ2v) is 4.58. The summed E-state index contributed by atoms with van der Waals surface area (Å²) in [5.74, 6) is 0.338. The molecule has 0 saturated carbocycles. The number of carbonyl (C=O) groups excluding carboxylic acids is 1. The van der Waals surface area contributed by atoms with Crippen molar-refractivity contribution in [2.24, 2.45) is 0 Å². The Morgan fingerprint density at radius 3 is 2.85 bits per heavy atom. The van der Waals surface area contributed by atoms with Gasteiger partial charge >= 0.3 is 0 Å². The molecule has 0 aliphatic heterocycles. The van der Waals surface area contributed by atoms with Crippen molar-refractivity contribution in [3.63, 3.8) is 0 Å². The fourth-order valence-corrected chi connectivity index (χ4v) is 2.42. The Morgan fingerprint density at radius 2 is 2.20 bits per heavy atom. The number of nitrogens with one attached hydrogen (secondary N) is 1. The number of aromatic amines is 1. The number of rotatable bonds is 2. The first-order chi connectivity index (χ1) is 9.59. The Hall–Kier alpha value is -2.76. The highest BCUT2D eigenvalue weighted by atomic mass is 16.1. The highest BCUT2D eigenvalue weighted by Gasteiger charge is 2.21. The minimum absolute atomic E-state index is 0.0589. The topological polar surface area (TPSA) is 97.5 Å². The van der Waals surface area contributed by atoms with E-state index in [9.17, 15) is 4.79 Å². The average Bonchev–Trinajstić information content (AvgIpc) is 2.79. The Labute approximate surface area is 115 Å². The summed E-state index contributed by atoms with van der Waals surface area (Å²) in [5, 5.41) is 7.45. The van der Waals surface area contributed by atoms with Gasteiger partial charge in [0.2, 0.25) is 0 Å². The monoisotopic (exact) mass is 267 g/mol. The molecule has 3 rings (SSSR count). The molecular formula is C14H13N5O. The first-order valence-electron chi connectivity index (χ1n) is 6.15. The number of carbonyl (C=O) groups is 1. The lowest BCUT2D eigenvalue weighted by Gasteiger charge is -2.11. The minimum atomic E-state index is -0.0589. The molecular weight excluding hydrogens is 254 g/mol. The van der Waals surface area contributed by atoms with Crippen molar-refractivity contribution in [2.75, 3.05) is 5.73 Å². The maximum absolute atomic E-state index is 12.0. The standard InChI is InChI=1S/C14H13N5O/c1-7-10(8(2)20)11(9-4-3-5-16-6-9)12-13(15)18-19-14(12)17-7/h3-6H,1-2H3,(H3,15,17,18,19). The second-order valence-electron chi connectivity index (χ2n) is 4.58. The van der Waals surface area contributed by atoms with Gasteiger partial charge in [0, 0.05) is 29.1 Å². The number of nitrogens with two attached hydrogens (primary N) is 1. The zero-order valence-corrected chi connectivity index (χ0v) is 11.1. The number of H-pyrrole nitrogens is 1. The van der Waals surface area contributed by atoms with E-state index >= 15 is 0 Å². The first-order valence-corrected chi connectivity index (χ1v) is 6.15. The molecule has 0 aliphatic rings. The van der Waals surface area contributed by atoms with E-state index in [-0.39, 0.29) is 5.78 Å². The van der Waals surface area contributed by atoms with Crippen LogP contribution in [0.4, 0.5) is 5.82 Å². The molecule has 3 N–H and O–H groups in total. The van der Waals surface area contributed by atoms with Crippen molar-refractivity contribution in [2.45, 2.75) is 13.8 Å². The zero-order valence-electron chi connectivity index (χ0n) is 11.1. The summed E-state index contributed by atoms with van der Waals surface area (Å²) < 4.78 is 0. The molecule has 3 aromatic rings. The van der Waals surface area contributed by atoms with E-state index in [1.165, 1.54) is 6.92 Å². The van der Waals surface area contributed by atoms with E-state index in [4.69, 9.17) is 5.73 Å². The van der Waals surface area contributed by atoms with Gasteiger partial charge in [0.25, 0.3) is 0 Å². The molecule has 6 heteroatoms. The third-order valence-corrected chi connectivity index (χ3v) is 3.21. The van der Waals surface area contributed by atoms with Crippen LogP contribution in [0.5, 0.6) is 0 Å². The lowest BCUT2D eigenvalue weighted by atomic mass is 9.95. The number of ketones is 1. The summed E-state index contributed by atoms with van der Waals surface area (Å²) in [5.41, 5.74) is 9.19. The van der Waals surface area contributed by atoms with Crippen LogP contribution in [0.25, 0.3) is 22.2 Å². The van der Waals surface area contributed by atoms with E-state index in [1.807, 2.05) is 12.1 Å². The van der Waals surface area contributed by atoms with Crippen molar-refractivity contribution in [1.29, 1.82) is 0 Å². The summed E-state index contributed by atoms with van der Waals surface area (Å²) in [6, 6.07) is 3.71. The Kier molecular flexibility index (Phi) is 2.71. The maximum atomic E-state index is 12.0. The van der Waals surface area contributed by atoms with Crippen molar-refractivity contribution in [3.8, 4) is 11.1 Å². The van der Waals surface area contributed by atoms with Gasteiger partial charge in [0.15, 0.2) is 11.4 Å². The number of anilines is 1. The normalized spacial score (nSPS) is 10.9. The molecule has 0 spiro atoms. The van der Waals surface area contributed by atoms with Crippen LogP contribution in [0.3, 0.4) is 0 Å². The van der Waals surface area contributed by atoms with Gasteiger partial charge in [-0.15, -0.1) is 0 Å². The highest BCUT2D eigenvalue weighted by Crippen LogP contribution is 2.34. The van der Waals surface area contributed by atoms with Crippen LogP contribution in [0.15, 0.2) is 24.5 Å². The van der Waals surface area contributed by atoms with Gasteiger partial charge in [-0.05, 0) is 19.9 Å². The third kappa shape index (κ3) is 1.73. The summed E-state index contributed by atoms with van der Waals surface area (Å²) in [4.78, 5) is 20.5. The van der Waals surface area contributed by atoms with Gasteiger partial charge in [-0.1, -0.05) is 6.07 Å².